The van der Waals surface area contributed by atoms with E-state index in [4.69, 9.17) is 17.0 Å². The quantitative estimate of drug-likeness (QED) is 0.330. The van der Waals surface area contributed by atoms with Crippen LogP contribution in [0.15, 0.2) is 47.6 Å². The average molecular weight is 346 g/mol. The molecule has 0 saturated carbocycles. The van der Waals surface area contributed by atoms with Crippen molar-refractivity contribution in [2.75, 3.05) is 12.4 Å². The summed E-state index contributed by atoms with van der Waals surface area (Å²) in [4.78, 5) is 10.2. The molecular weight excluding hydrogens is 332 g/mol. The fourth-order valence-electron chi connectivity index (χ4n) is 1.83. The second-order valence-electron chi connectivity index (χ2n) is 4.54. The van der Waals surface area contributed by atoms with Crippen molar-refractivity contribution >= 4 is 34.9 Å². The first-order valence-corrected chi connectivity index (χ1v) is 7.12. The van der Waals surface area contributed by atoms with Crippen molar-refractivity contribution in [3.63, 3.8) is 0 Å². The number of hydrogen-bond donors (Lipinski definition) is 3. The van der Waals surface area contributed by atoms with E-state index in [1.807, 2.05) is 30.3 Å². The Hall–Kier alpha value is -3.20. The van der Waals surface area contributed by atoms with E-state index < -0.39 is 16.4 Å². The Morgan fingerprint density at radius 1 is 1.38 bits per heavy atom. The van der Waals surface area contributed by atoms with Crippen molar-refractivity contribution in [3.8, 4) is 11.5 Å². The van der Waals surface area contributed by atoms with Gasteiger partial charge in [0.15, 0.2) is 10.9 Å². The Labute approximate surface area is 142 Å². The number of aromatic hydroxyl groups is 1. The van der Waals surface area contributed by atoms with Gasteiger partial charge >= 0.3 is 5.69 Å². The lowest BCUT2D eigenvalue weighted by Gasteiger charge is -2.07. The van der Waals surface area contributed by atoms with Crippen LogP contribution in [0.5, 0.6) is 11.5 Å². The highest BCUT2D eigenvalue weighted by Crippen LogP contribution is 2.36. The van der Waals surface area contributed by atoms with Gasteiger partial charge in [0.25, 0.3) is 0 Å². The summed E-state index contributed by atoms with van der Waals surface area (Å²) in [5, 5.41) is 27.7. The van der Waals surface area contributed by atoms with Gasteiger partial charge in [0, 0.05) is 17.3 Å². The van der Waals surface area contributed by atoms with Crippen LogP contribution in [0.25, 0.3) is 0 Å². The molecule has 3 N–H and O–H groups in total. The summed E-state index contributed by atoms with van der Waals surface area (Å²) in [6.07, 6.45) is 1.33. The predicted octanol–water partition coefficient (Wildman–Crippen LogP) is 2.63. The number of ether oxygens (including phenoxy) is 1. The monoisotopic (exact) mass is 346 g/mol. The van der Waals surface area contributed by atoms with Crippen molar-refractivity contribution in [2.24, 2.45) is 5.10 Å². The molecule has 0 spiro atoms. The molecule has 0 unspecified atom stereocenters. The Kier molecular flexibility index (Phi) is 5.63. The molecule has 0 bridgehead atoms. The number of benzene rings is 2. The minimum absolute atomic E-state index is 0.0179. The summed E-state index contributed by atoms with van der Waals surface area (Å²) in [6, 6.07) is 11.9. The molecule has 0 aliphatic heterocycles. The van der Waals surface area contributed by atoms with Crippen molar-refractivity contribution in [1.29, 1.82) is 0 Å². The second-order valence-corrected chi connectivity index (χ2v) is 4.95. The number of nitrogens with zero attached hydrogens (tertiary/aromatic N) is 2. The van der Waals surface area contributed by atoms with Gasteiger partial charge in [-0.15, -0.1) is 0 Å². The highest BCUT2D eigenvalue weighted by molar-refractivity contribution is 7.80. The highest BCUT2D eigenvalue weighted by Gasteiger charge is 2.19. The lowest BCUT2D eigenvalue weighted by Crippen LogP contribution is -2.23. The number of anilines is 1. The molecule has 8 nitrogen and oxygen atoms in total. The normalized spacial score (nSPS) is 10.4. The van der Waals surface area contributed by atoms with E-state index in [2.05, 4.69) is 15.8 Å². The van der Waals surface area contributed by atoms with E-state index >= 15 is 0 Å². The maximum Gasteiger partial charge on any atom is 0.315 e. The molecule has 0 aliphatic carbocycles. The molecule has 0 heterocycles. The number of rotatable bonds is 5. The molecule has 2 rings (SSSR count). The Morgan fingerprint density at radius 2 is 2.08 bits per heavy atom. The smallest absolute Gasteiger partial charge is 0.315 e. The first-order valence-electron chi connectivity index (χ1n) is 6.71. The molecule has 0 amide bonds. The number of phenols is 1. The first-order chi connectivity index (χ1) is 11.5. The van der Waals surface area contributed by atoms with Gasteiger partial charge in [0.05, 0.1) is 18.2 Å². The molecular formula is C15H14N4O4S. The lowest BCUT2D eigenvalue weighted by atomic mass is 10.2. The minimum atomic E-state index is -0.704. The number of nitro groups is 1. The number of phenolic OH excluding ortho intramolecular Hbond substituents is 1. The second kappa shape index (κ2) is 7.88. The van der Waals surface area contributed by atoms with Gasteiger partial charge < -0.3 is 15.2 Å². The van der Waals surface area contributed by atoms with E-state index in [0.717, 1.165) is 5.69 Å². The summed E-state index contributed by atoms with van der Waals surface area (Å²) >= 11 is 5.08. The van der Waals surface area contributed by atoms with Gasteiger partial charge in [0.2, 0.25) is 5.75 Å². The van der Waals surface area contributed by atoms with Crippen molar-refractivity contribution < 1.29 is 14.8 Å². The summed E-state index contributed by atoms with van der Waals surface area (Å²) in [5.74, 6) is -0.551. The molecule has 0 radical (unpaired) electrons. The van der Waals surface area contributed by atoms with E-state index in [0.29, 0.717) is 5.56 Å². The largest absolute Gasteiger partial charge is 0.500 e. The highest BCUT2D eigenvalue weighted by atomic mass is 32.1. The van der Waals surface area contributed by atoms with Gasteiger partial charge in [-0.1, -0.05) is 18.2 Å². The molecule has 9 heteroatoms. The van der Waals surface area contributed by atoms with Crippen LogP contribution in [-0.2, 0) is 0 Å². The van der Waals surface area contributed by atoms with Gasteiger partial charge in [-0.05, 0) is 30.4 Å². The van der Waals surface area contributed by atoms with E-state index in [9.17, 15) is 15.2 Å². The molecule has 2 aromatic carbocycles. The van der Waals surface area contributed by atoms with Crippen LogP contribution >= 0.6 is 12.2 Å². The number of hydrogen-bond acceptors (Lipinski definition) is 6. The Balaban J connectivity index is 2.07. The fraction of sp³-hybridized carbons (Fsp3) is 0.0667. The standard InChI is InChI=1S/C15H14N4O4S/c1-23-13-8-10(7-12(14(13)20)19(21)22)9-16-18-15(24)17-11-5-3-2-4-6-11/h2-9,20H,1H3,(H2,17,18,24)/b16-9+. The molecule has 0 fully saturated rings. The molecule has 24 heavy (non-hydrogen) atoms. The molecule has 0 aromatic heterocycles. The maximum atomic E-state index is 10.9. The third-order valence-electron chi connectivity index (χ3n) is 2.91. The average Bonchev–Trinajstić information content (AvgIpc) is 2.56. The Bertz CT molecular complexity index is 781. The van der Waals surface area contributed by atoms with Crippen LogP contribution in [-0.4, -0.2) is 28.5 Å². The first kappa shape index (κ1) is 17.2. The molecule has 124 valence electrons. The topological polar surface area (TPSA) is 109 Å². The summed E-state index contributed by atoms with van der Waals surface area (Å²) in [6.45, 7) is 0. The van der Waals surface area contributed by atoms with Crippen LogP contribution in [0.1, 0.15) is 5.56 Å². The van der Waals surface area contributed by atoms with Crippen molar-refractivity contribution in [2.45, 2.75) is 0 Å². The van der Waals surface area contributed by atoms with Crippen LogP contribution in [0.4, 0.5) is 11.4 Å². The van der Waals surface area contributed by atoms with E-state index in [-0.39, 0.29) is 10.9 Å². The van der Waals surface area contributed by atoms with Gasteiger partial charge in [-0.2, -0.15) is 5.10 Å². The molecule has 0 atom stereocenters. The minimum Gasteiger partial charge on any atom is -0.500 e. The van der Waals surface area contributed by atoms with E-state index in [1.54, 1.807) is 0 Å². The third-order valence-corrected chi connectivity index (χ3v) is 3.10. The zero-order valence-corrected chi connectivity index (χ0v) is 13.4. The molecule has 2 aromatic rings. The molecule has 0 saturated heterocycles. The zero-order chi connectivity index (χ0) is 17.5. The van der Waals surface area contributed by atoms with Crippen LogP contribution in [0, 0.1) is 10.1 Å². The number of nitrogens with one attached hydrogen (secondary N) is 2. The van der Waals surface area contributed by atoms with Crippen molar-refractivity contribution in [3.05, 3.63) is 58.1 Å². The number of thiocarbonyl (C=S) groups is 1. The summed E-state index contributed by atoms with van der Waals surface area (Å²) in [7, 11) is 1.30. The van der Waals surface area contributed by atoms with E-state index in [1.165, 1.54) is 25.5 Å². The maximum absolute atomic E-state index is 10.9. The predicted molar refractivity (Wildman–Crippen MR) is 94.7 cm³/mol. The lowest BCUT2D eigenvalue weighted by molar-refractivity contribution is -0.386. The number of nitro benzene ring substituents is 1. The number of para-hydroxylation sites is 1. The zero-order valence-electron chi connectivity index (χ0n) is 12.6. The van der Waals surface area contributed by atoms with Crippen LogP contribution in [0.3, 0.4) is 0 Å². The van der Waals surface area contributed by atoms with Gasteiger partial charge in [-0.25, -0.2) is 0 Å². The SMILES string of the molecule is COc1cc(/C=N/NC(=S)Nc2ccccc2)cc([N+](=O)[O-])c1O. The summed E-state index contributed by atoms with van der Waals surface area (Å²) < 4.78 is 4.91. The Morgan fingerprint density at radius 3 is 2.71 bits per heavy atom. The molecule has 0 aliphatic rings. The van der Waals surface area contributed by atoms with Gasteiger partial charge in [-0.3, -0.25) is 15.5 Å². The number of methoxy groups -OCH3 is 1. The summed E-state index contributed by atoms with van der Waals surface area (Å²) in [5.41, 5.74) is 3.29. The van der Waals surface area contributed by atoms with Crippen LogP contribution in [0.2, 0.25) is 0 Å². The fourth-order valence-corrected chi connectivity index (χ4v) is 2.00. The number of hydrazone groups is 1. The third kappa shape index (κ3) is 4.40. The van der Waals surface area contributed by atoms with Crippen molar-refractivity contribution in [1.82, 2.24) is 5.43 Å². The van der Waals surface area contributed by atoms with Crippen LogP contribution < -0.4 is 15.5 Å². The van der Waals surface area contributed by atoms with Gasteiger partial charge in [0.1, 0.15) is 0 Å².